The fourth-order valence-corrected chi connectivity index (χ4v) is 2.92. The summed E-state index contributed by atoms with van der Waals surface area (Å²) in [5, 5.41) is 7.36. The molecule has 1 unspecified atom stereocenters. The Morgan fingerprint density at radius 3 is 2.89 bits per heavy atom. The minimum absolute atomic E-state index is 0.476. The minimum Gasteiger partial charge on any atom is -0.291 e. The Kier molecular flexibility index (Phi) is 3.60. The number of aromatic amines is 1. The molecule has 100 valence electrons. The molecule has 4 heteroatoms. The van der Waals surface area contributed by atoms with Crippen LogP contribution in [0.2, 0.25) is 0 Å². The molecule has 19 heavy (non-hydrogen) atoms. The molecular weight excluding hydrogens is 236 g/mol. The van der Waals surface area contributed by atoms with E-state index in [9.17, 15) is 0 Å². The molecule has 3 heterocycles. The quantitative estimate of drug-likeness (QED) is 0.918. The highest BCUT2D eigenvalue weighted by Crippen LogP contribution is 2.32. The molecule has 1 saturated heterocycles. The maximum absolute atomic E-state index is 4.18. The molecule has 3 rings (SSSR count). The summed E-state index contributed by atoms with van der Waals surface area (Å²) in [5.41, 5.74) is 3.89. The average molecular weight is 256 g/mol. The second-order valence-corrected chi connectivity index (χ2v) is 5.30. The van der Waals surface area contributed by atoms with Crippen molar-refractivity contribution < 1.29 is 0 Å². The third-order valence-electron chi connectivity index (χ3n) is 3.95. The van der Waals surface area contributed by atoms with Gasteiger partial charge in [-0.1, -0.05) is 6.42 Å². The third kappa shape index (κ3) is 2.68. The number of likely N-dealkylation sites (tertiary alicyclic amines) is 1. The molecule has 1 aliphatic rings. The zero-order valence-corrected chi connectivity index (χ0v) is 11.3. The first-order valence-electron chi connectivity index (χ1n) is 6.97. The first-order chi connectivity index (χ1) is 9.34. The van der Waals surface area contributed by atoms with Gasteiger partial charge in [-0.2, -0.15) is 5.10 Å². The molecule has 2 aromatic rings. The van der Waals surface area contributed by atoms with E-state index < -0.39 is 0 Å². The summed E-state index contributed by atoms with van der Waals surface area (Å²) in [6.07, 6.45) is 9.47. The van der Waals surface area contributed by atoms with Crippen molar-refractivity contribution in [2.75, 3.05) is 6.54 Å². The monoisotopic (exact) mass is 256 g/mol. The number of hydrogen-bond donors (Lipinski definition) is 1. The van der Waals surface area contributed by atoms with Gasteiger partial charge in [-0.05, 0) is 49.6 Å². The fraction of sp³-hybridized carbons (Fsp3) is 0.467. The lowest BCUT2D eigenvalue weighted by atomic mass is 9.97. The molecule has 0 saturated carbocycles. The van der Waals surface area contributed by atoms with Crippen molar-refractivity contribution in [3.63, 3.8) is 0 Å². The van der Waals surface area contributed by atoms with Crippen molar-refractivity contribution in [3.8, 4) is 0 Å². The number of aryl methyl sites for hydroxylation is 1. The van der Waals surface area contributed by atoms with Crippen LogP contribution in [0.1, 0.15) is 42.1 Å². The van der Waals surface area contributed by atoms with E-state index in [1.54, 1.807) is 0 Å². The SMILES string of the molecule is Cc1cn[nH]c1C1CCCCN1Cc1ccncc1. The van der Waals surface area contributed by atoms with E-state index in [1.807, 2.05) is 18.6 Å². The van der Waals surface area contributed by atoms with E-state index in [2.05, 4.69) is 39.1 Å². The highest BCUT2D eigenvalue weighted by atomic mass is 15.2. The highest BCUT2D eigenvalue weighted by Gasteiger charge is 2.26. The Balaban J connectivity index is 1.80. The van der Waals surface area contributed by atoms with Crippen molar-refractivity contribution in [1.82, 2.24) is 20.1 Å². The minimum atomic E-state index is 0.476. The maximum Gasteiger partial charge on any atom is 0.0553 e. The first-order valence-corrected chi connectivity index (χ1v) is 6.97. The van der Waals surface area contributed by atoms with Crippen LogP contribution in [0.25, 0.3) is 0 Å². The van der Waals surface area contributed by atoms with Crippen LogP contribution in [0, 0.1) is 6.92 Å². The molecule has 0 radical (unpaired) electrons. The summed E-state index contributed by atoms with van der Waals surface area (Å²) >= 11 is 0. The maximum atomic E-state index is 4.18. The average Bonchev–Trinajstić information content (AvgIpc) is 2.87. The number of nitrogens with zero attached hydrogens (tertiary/aromatic N) is 3. The normalized spacial score (nSPS) is 20.6. The molecule has 1 fully saturated rings. The summed E-state index contributed by atoms with van der Waals surface area (Å²) in [6, 6.07) is 4.68. The van der Waals surface area contributed by atoms with Crippen molar-refractivity contribution in [1.29, 1.82) is 0 Å². The van der Waals surface area contributed by atoms with Crippen LogP contribution in [0.5, 0.6) is 0 Å². The summed E-state index contributed by atoms with van der Waals surface area (Å²) in [5.74, 6) is 0. The third-order valence-corrected chi connectivity index (χ3v) is 3.95. The predicted octanol–water partition coefficient (Wildman–Crippen LogP) is 2.84. The zero-order valence-electron chi connectivity index (χ0n) is 11.3. The Bertz CT molecular complexity index is 520. The Morgan fingerprint density at radius 1 is 1.32 bits per heavy atom. The second-order valence-electron chi connectivity index (χ2n) is 5.30. The molecule has 1 atom stereocenters. The summed E-state index contributed by atoms with van der Waals surface area (Å²) in [4.78, 5) is 6.64. The lowest BCUT2D eigenvalue weighted by Gasteiger charge is -2.35. The molecule has 0 spiro atoms. The number of rotatable bonds is 3. The van der Waals surface area contributed by atoms with Gasteiger partial charge in [0.25, 0.3) is 0 Å². The number of pyridine rings is 1. The molecule has 0 bridgehead atoms. The van der Waals surface area contributed by atoms with Crippen molar-refractivity contribution >= 4 is 0 Å². The second kappa shape index (κ2) is 5.53. The van der Waals surface area contributed by atoms with Crippen LogP contribution in [0.15, 0.2) is 30.7 Å². The van der Waals surface area contributed by atoms with Crippen LogP contribution in [-0.4, -0.2) is 26.6 Å². The van der Waals surface area contributed by atoms with Crippen molar-refractivity contribution in [2.24, 2.45) is 0 Å². The molecule has 0 aliphatic carbocycles. The molecule has 0 aromatic carbocycles. The van der Waals surface area contributed by atoms with Gasteiger partial charge in [-0.25, -0.2) is 0 Å². The van der Waals surface area contributed by atoms with Crippen LogP contribution in [0.3, 0.4) is 0 Å². The van der Waals surface area contributed by atoms with Crippen molar-refractivity contribution in [2.45, 2.75) is 38.8 Å². The van der Waals surface area contributed by atoms with E-state index >= 15 is 0 Å². The van der Waals surface area contributed by atoms with Gasteiger partial charge in [-0.15, -0.1) is 0 Å². The molecule has 2 aromatic heterocycles. The van der Waals surface area contributed by atoms with E-state index in [1.165, 1.54) is 36.1 Å². The van der Waals surface area contributed by atoms with Gasteiger partial charge in [0.1, 0.15) is 0 Å². The lowest BCUT2D eigenvalue weighted by molar-refractivity contribution is 0.136. The van der Waals surface area contributed by atoms with Gasteiger partial charge in [0.05, 0.1) is 17.9 Å². The molecule has 1 N–H and O–H groups in total. The zero-order chi connectivity index (χ0) is 13.1. The van der Waals surface area contributed by atoms with E-state index in [4.69, 9.17) is 0 Å². The number of hydrogen-bond acceptors (Lipinski definition) is 3. The van der Waals surface area contributed by atoms with Gasteiger partial charge in [0.15, 0.2) is 0 Å². The number of aromatic nitrogens is 3. The van der Waals surface area contributed by atoms with Gasteiger partial charge in [-0.3, -0.25) is 15.0 Å². The smallest absolute Gasteiger partial charge is 0.0553 e. The summed E-state index contributed by atoms with van der Waals surface area (Å²) in [7, 11) is 0. The van der Waals surface area contributed by atoms with Crippen LogP contribution >= 0.6 is 0 Å². The van der Waals surface area contributed by atoms with Crippen LogP contribution in [0.4, 0.5) is 0 Å². The van der Waals surface area contributed by atoms with Crippen molar-refractivity contribution in [3.05, 3.63) is 47.5 Å². The lowest BCUT2D eigenvalue weighted by Crippen LogP contribution is -2.33. The molecule has 1 aliphatic heterocycles. The van der Waals surface area contributed by atoms with Crippen LogP contribution < -0.4 is 0 Å². The molecule has 4 nitrogen and oxygen atoms in total. The fourth-order valence-electron chi connectivity index (χ4n) is 2.92. The van der Waals surface area contributed by atoms with Gasteiger partial charge in [0.2, 0.25) is 0 Å². The number of H-pyrrole nitrogens is 1. The predicted molar refractivity (Wildman–Crippen MR) is 74.6 cm³/mol. The van der Waals surface area contributed by atoms with E-state index in [0.29, 0.717) is 6.04 Å². The largest absolute Gasteiger partial charge is 0.291 e. The van der Waals surface area contributed by atoms with Gasteiger partial charge < -0.3 is 0 Å². The first kappa shape index (κ1) is 12.4. The standard InChI is InChI=1S/C15H20N4/c1-12-10-17-18-15(12)14-4-2-3-9-19(14)11-13-5-7-16-8-6-13/h5-8,10,14H,2-4,9,11H2,1H3,(H,17,18). The highest BCUT2D eigenvalue weighted by molar-refractivity contribution is 5.19. The van der Waals surface area contributed by atoms with Gasteiger partial charge in [0, 0.05) is 18.9 Å². The Labute approximate surface area is 113 Å². The Hall–Kier alpha value is -1.68. The van der Waals surface area contributed by atoms with Gasteiger partial charge >= 0.3 is 0 Å². The van der Waals surface area contributed by atoms with E-state index in [-0.39, 0.29) is 0 Å². The summed E-state index contributed by atoms with van der Waals surface area (Å²) in [6.45, 7) is 4.29. The summed E-state index contributed by atoms with van der Waals surface area (Å²) < 4.78 is 0. The van der Waals surface area contributed by atoms with Crippen LogP contribution in [-0.2, 0) is 6.54 Å². The number of piperidine rings is 1. The Morgan fingerprint density at radius 2 is 2.16 bits per heavy atom. The van der Waals surface area contributed by atoms with E-state index in [0.717, 1.165) is 13.1 Å². The topological polar surface area (TPSA) is 44.8 Å². The number of nitrogens with one attached hydrogen (secondary N) is 1. The molecular formula is C15H20N4. The molecule has 0 amide bonds.